The van der Waals surface area contributed by atoms with Crippen molar-refractivity contribution in [1.29, 1.82) is 0 Å². The molecule has 1 fully saturated rings. The molecule has 0 aromatic heterocycles. The van der Waals surface area contributed by atoms with Crippen molar-refractivity contribution in [2.45, 2.75) is 38.8 Å². The molecule has 3 rings (SSSR count). The lowest BCUT2D eigenvalue weighted by molar-refractivity contribution is -0.121. The van der Waals surface area contributed by atoms with Gasteiger partial charge in [0.1, 0.15) is 5.75 Å². The fourth-order valence-electron chi connectivity index (χ4n) is 3.51. The zero-order valence-electron chi connectivity index (χ0n) is 15.7. The Bertz CT molecular complexity index is 736. The molecule has 0 saturated carbocycles. The molecule has 26 heavy (non-hydrogen) atoms. The van der Waals surface area contributed by atoms with E-state index in [-0.39, 0.29) is 11.9 Å². The number of piperidine rings is 1. The second kappa shape index (κ2) is 8.86. The second-order valence-electron chi connectivity index (χ2n) is 7.07. The number of hydrogen-bond acceptors (Lipinski definition) is 3. The number of ether oxygens (including phenoxy) is 1. The van der Waals surface area contributed by atoms with E-state index in [0.29, 0.717) is 6.42 Å². The number of carbonyl (C=O) groups is 1. The van der Waals surface area contributed by atoms with Gasteiger partial charge in [-0.2, -0.15) is 0 Å². The molecule has 0 aliphatic carbocycles. The molecule has 0 radical (unpaired) electrons. The zero-order chi connectivity index (χ0) is 18.4. The minimum absolute atomic E-state index is 0.0932. The third-order valence-corrected chi connectivity index (χ3v) is 5.11. The quantitative estimate of drug-likeness (QED) is 0.867. The van der Waals surface area contributed by atoms with Crippen molar-refractivity contribution in [1.82, 2.24) is 10.2 Å². The van der Waals surface area contributed by atoms with Gasteiger partial charge in [0.2, 0.25) is 5.91 Å². The molecule has 1 aliphatic rings. The standard InChI is InChI=1S/C22H28N2O2/c1-17-6-3-4-8-19(17)16-24-12-10-20(11-13-24)23-22(25)15-18-7-5-9-21(14-18)26-2/h3-9,14,20H,10-13,15-16H2,1-2H3,(H,23,25). The first-order chi connectivity index (χ1) is 12.6. The van der Waals surface area contributed by atoms with E-state index in [2.05, 4.69) is 41.4 Å². The van der Waals surface area contributed by atoms with Crippen LogP contribution in [0.5, 0.6) is 5.75 Å². The van der Waals surface area contributed by atoms with Gasteiger partial charge in [-0.05, 0) is 48.6 Å². The number of likely N-dealkylation sites (tertiary alicyclic amines) is 1. The van der Waals surface area contributed by atoms with Crippen LogP contribution in [0.2, 0.25) is 0 Å². The molecule has 0 bridgehead atoms. The third kappa shape index (κ3) is 5.09. The lowest BCUT2D eigenvalue weighted by atomic mass is 10.0. The lowest BCUT2D eigenvalue weighted by Gasteiger charge is -2.32. The highest BCUT2D eigenvalue weighted by Crippen LogP contribution is 2.17. The van der Waals surface area contributed by atoms with Gasteiger partial charge in [-0.1, -0.05) is 36.4 Å². The maximum atomic E-state index is 12.3. The summed E-state index contributed by atoms with van der Waals surface area (Å²) in [5.41, 5.74) is 3.73. The normalized spacial score (nSPS) is 15.6. The minimum atomic E-state index is 0.0932. The van der Waals surface area contributed by atoms with Crippen molar-refractivity contribution < 1.29 is 9.53 Å². The number of carbonyl (C=O) groups excluding carboxylic acids is 1. The molecule has 1 saturated heterocycles. The first-order valence-corrected chi connectivity index (χ1v) is 9.33. The van der Waals surface area contributed by atoms with Crippen molar-refractivity contribution in [2.75, 3.05) is 20.2 Å². The van der Waals surface area contributed by atoms with Crippen molar-refractivity contribution in [3.63, 3.8) is 0 Å². The summed E-state index contributed by atoms with van der Waals surface area (Å²) in [5.74, 6) is 0.885. The van der Waals surface area contributed by atoms with Crippen LogP contribution in [0.4, 0.5) is 0 Å². The highest BCUT2D eigenvalue weighted by molar-refractivity contribution is 5.79. The molecule has 4 heteroatoms. The monoisotopic (exact) mass is 352 g/mol. The fourth-order valence-corrected chi connectivity index (χ4v) is 3.51. The molecule has 1 aliphatic heterocycles. The van der Waals surface area contributed by atoms with Crippen LogP contribution in [-0.4, -0.2) is 37.0 Å². The molecular weight excluding hydrogens is 324 g/mol. The summed E-state index contributed by atoms with van der Waals surface area (Å²) in [6.45, 7) is 5.22. The SMILES string of the molecule is COc1cccc(CC(=O)NC2CCN(Cc3ccccc3C)CC2)c1. The molecule has 138 valence electrons. The van der Waals surface area contributed by atoms with Crippen LogP contribution in [0, 0.1) is 6.92 Å². The van der Waals surface area contributed by atoms with Gasteiger partial charge in [0, 0.05) is 25.7 Å². The minimum Gasteiger partial charge on any atom is -0.497 e. The van der Waals surface area contributed by atoms with Gasteiger partial charge < -0.3 is 10.1 Å². The zero-order valence-corrected chi connectivity index (χ0v) is 15.7. The Morgan fingerprint density at radius 3 is 2.65 bits per heavy atom. The Morgan fingerprint density at radius 2 is 1.92 bits per heavy atom. The number of nitrogens with zero attached hydrogens (tertiary/aromatic N) is 1. The van der Waals surface area contributed by atoms with E-state index in [9.17, 15) is 4.79 Å². The summed E-state index contributed by atoms with van der Waals surface area (Å²) < 4.78 is 5.22. The molecule has 1 amide bonds. The Kier molecular flexibility index (Phi) is 6.29. The summed E-state index contributed by atoms with van der Waals surface area (Å²) >= 11 is 0. The number of nitrogens with one attached hydrogen (secondary N) is 1. The van der Waals surface area contributed by atoms with E-state index in [0.717, 1.165) is 43.8 Å². The second-order valence-corrected chi connectivity index (χ2v) is 7.07. The molecule has 2 aromatic carbocycles. The lowest BCUT2D eigenvalue weighted by Crippen LogP contribution is -2.44. The fraction of sp³-hybridized carbons (Fsp3) is 0.409. The van der Waals surface area contributed by atoms with Gasteiger partial charge in [0.25, 0.3) is 0 Å². The van der Waals surface area contributed by atoms with Crippen molar-refractivity contribution in [3.05, 3.63) is 65.2 Å². The van der Waals surface area contributed by atoms with Crippen LogP contribution < -0.4 is 10.1 Å². The van der Waals surface area contributed by atoms with E-state index < -0.39 is 0 Å². The Balaban J connectivity index is 1.44. The predicted octanol–water partition coefficient (Wildman–Crippen LogP) is 3.33. The summed E-state index contributed by atoms with van der Waals surface area (Å²) in [6, 6.07) is 16.5. The maximum absolute atomic E-state index is 12.3. The van der Waals surface area contributed by atoms with Gasteiger partial charge in [0.05, 0.1) is 13.5 Å². The summed E-state index contributed by atoms with van der Waals surface area (Å²) in [5, 5.41) is 3.19. The van der Waals surface area contributed by atoms with E-state index in [1.807, 2.05) is 24.3 Å². The smallest absolute Gasteiger partial charge is 0.224 e. The van der Waals surface area contributed by atoms with Crippen LogP contribution in [0.3, 0.4) is 0 Å². The number of amides is 1. The average Bonchev–Trinajstić information content (AvgIpc) is 2.65. The predicted molar refractivity (Wildman–Crippen MR) is 104 cm³/mol. The molecule has 1 N–H and O–H groups in total. The van der Waals surface area contributed by atoms with E-state index in [1.165, 1.54) is 11.1 Å². The van der Waals surface area contributed by atoms with Crippen molar-refractivity contribution in [2.24, 2.45) is 0 Å². The molecule has 4 nitrogen and oxygen atoms in total. The van der Waals surface area contributed by atoms with E-state index in [4.69, 9.17) is 4.74 Å². The summed E-state index contributed by atoms with van der Waals surface area (Å²) in [7, 11) is 1.64. The number of aryl methyl sites for hydroxylation is 1. The first kappa shape index (κ1) is 18.5. The van der Waals surface area contributed by atoms with Gasteiger partial charge in [-0.15, -0.1) is 0 Å². The third-order valence-electron chi connectivity index (χ3n) is 5.11. The van der Waals surface area contributed by atoms with Gasteiger partial charge in [0.15, 0.2) is 0 Å². The van der Waals surface area contributed by atoms with E-state index >= 15 is 0 Å². The van der Waals surface area contributed by atoms with Crippen molar-refractivity contribution in [3.8, 4) is 5.75 Å². The van der Waals surface area contributed by atoms with Gasteiger partial charge in [-0.3, -0.25) is 9.69 Å². The van der Waals surface area contributed by atoms with Crippen LogP contribution in [-0.2, 0) is 17.8 Å². The summed E-state index contributed by atoms with van der Waals surface area (Å²) in [6.07, 6.45) is 2.42. The van der Waals surface area contributed by atoms with Gasteiger partial charge in [-0.25, -0.2) is 0 Å². The number of hydrogen-bond donors (Lipinski definition) is 1. The molecule has 0 atom stereocenters. The van der Waals surface area contributed by atoms with Crippen molar-refractivity contribution >= 4 is 5.91 Å². The molecule has 0 unspecified atom stereocenters. The Labute approximate surface area is 156 Å². The maximum Gasteiger partial charge on any atom is 0.224 e. The van der Waals surface area contributed by atoms with Crippen LogP contribution >= 0.6 is 0 Å². The van der Waals surface area contributed by atoms with Crippen LogP contribution in [0.25, 0.3) is 0 Å². The number of rotatable bonds is 6. The molecule has 0 spiro atoms. The van der Waals surface area contributed by atoms with E-state index in [1.54, 1.807) is 7.11 Å². The molecule has 2 aromatic rings. The van der Waals surface area contributed by atoms with Crippen LogP contribution in [0.1, 0.15) is 29.5 Å². The van der Waals surface area contributed by atoms with Gasteiger partial charge >= 0.3 is 0 Å². The molecule has 1 heterocycles. The average molecular weight is 352 g/mol. The highest BCUT2D eigenvalue weighted by Gasteiger charge is 2.21. The number of benzene rings is 2. The largest absolute Gasteiger partial charge is 0.497 e. The number of methoxy groups -OCH3 is 1. The highest BCUT2D eigenvalue weighted by atomic mass is 16.5. The Morgan fingerprint density at radius 1 is 1.15 bits per heavy atom. The van der Waals surface area contributed by atoms with Crippen LogP contribution in [0.15, 0.2) is 48.5 Å². The first-order valence-electron chi connectivity index (χ1n) is 9.33. The Hall–Kier alpha value is -2.33. The summed E-state index contributed by atoms with van der Waals surface area (Å²) in [4.78, 5) is 14.8. The molecular formula is C22H28N2O2. The topological polar surface area (TPSA) is 41.6 Å².